The number of ether oxygens (including phenoxy) is 1. The maximum atomic E-state index is 11.6. The first-order chi connectivity index (χ1) is 7.61. The molecule has 0 heterocycles. The Labute approximate surface area is 101 Å². The van der Waals surface area contributed by atoms with Crippen molar-refractivity contribution in [1.29, 1.82) is 0 Å². The predicted molar refractivity (Wildman–Crippen MR) is 61.5 cm³/mol. The van der Waals surface area contributed by atoms with E-state index in [4.69, 9.17) is 0 Å². The Bertz CT molecular complexity index is 503. The van der Waals surface area contributed by atoms with E-state index in [1.807, 2.05) is 12.1 Å². The lowest BCUT2D eigenvalue weighted by Crippen LogP contribution is -2.18. The monoisotopic (exact) mass is 278 g/mol. The minimum absolute atomic E-state index is 0.00750. The van der Waals surface area contributed by atoms with E-state index in [9.17, 15) is 9.59 Å². The largest absolute Gasteiger partial charge is 0.465 e. The van der Waals surface area contributed by atoms with Crippen LogP contribution in [-0.4, -0.2) is 18.9 Å². The lowest BCUT2D eigenvalue weighted by atomic mass is 9.91. The van der Waals surface area contributed by atoms with Gasteiger partial charge in [0.2, 0.25) is 0 Å². The summed E-state index contributed by atoms with van der Waals surface area (Å²) in [5, 5.41) is 0. The smallest absolute Gasteiger partial charge is 0.341 e. The van der Waals surface area contributed by atoms with Crippen LogP contribution in [0.4, 0.5) is 0 Å². The van der Waals surface area contributed by atoms with Crippen molar-refractivity contribution in [3.63, 3.8) is 0 Å². The maximum Gasteiger partial charge on any atom is 0.341 e. The molecule has 0 unspecified atom stereocenters. The highest BCUT2D eigenvalue weighted by atomic mass is 79.9. The van der Waals surface area contributed by atoms with Crippen LogP contribution in [0.5, 0.6) is 0 Å². The summed E-state index contributed by atoms with van der Waals surface area (Å²) in [5.74, 6) is -1.08. The summed E-state index contributed by atoms with van der Waals surface area (Å²) in [5.41, 5.74) is 1.46. The minimum Gasteiger partial charge on any atom is -0.465 e. The van der Waals surface area contributed by atoms with Gasteiger partial charge in [0.1, 0.15) is 5.57 Å². The molecular formula is C12H7BrO3. The third-order valence-corrected chi connectivity index (χ3v) is 2.70. The van der Waals surface area contributed by atoms with Gasteiger partial charge in [0.15, 0.2) is 5.78 Å². The molecule has 0 atom stereocenters. The second-order valence-electron chi connectivity index (χ2n) is 3.24. The maximum absolute atomic E-state index is 11.6. The van der Waals surface area contributed by atoms with Crippen molar-refractivity contribution in [3.8, 4) is 0 Å². The molecule has 2 rings (SSSR count). The SMILES string of the molecule is COC(=O)C1=Cc2cc(Br)ccc2[C]C1=O. The Morgan fingerprint density at radius 1 is 1.44 bits per heavy atom. The van der Waals surface area contributed by atoms with Crippen LogP contribution >= 0.6 is 15.9 Å². The summed E-state index contributed by atoms with van der Waals surface area (Å²) >= 11 is 3.32. The first-order valence-electron chi connectivity index (χ1n) is 4.52. The highest BCUT2D eigenvalue weighted by Gasteiger charge is 2.25. The van der Waals surface area contributed by atoms with Crippen LogP contribution in [0.15, 0.2) is 28.2 Å². The molecular weight excluding hydrogens is 272 g/mol. The molecule has 1 aromatic carbocycles. The van der Waals surface area contributed by atoms with Crippen molar-refractivity contribution in [2.75, 3.05) is 7.11 Å². The van der Waals surface area contributed by atoms with Crippen LogP contribution in [0.25, 0.3) is 6.08 Å². The topological polar surface area (TPSA) is 43.4 Å². The fourth-order valence-electron chi connectivity index (χ4n) is 1.44. The number of methoxy groups -OCH3 is 1. The molecule has 4 heteroatoms. The average Bonchev–Trinajstić information content (AvgIpc) is 2.28. The van der Waals surface area contributed by atoms with Gasteiger partial charge in [0, 0.05) is 4.47 Å². The standard InChI is InChI=1S/C12H7BrO3/c1-16-12(15)10-5-8-4-9(13)3-2-7(8)6-11(10)14/h2-5H,1H3. The van der Waals surface area contributed by atoms with Crippen molar-refractivity contribution in [3.05, 3.63) is 45.8 Å². The van der Waals surface area contributed by atoms with Gasteiger partial charge in [0.25, 0.3) is 0 Å². The fraction of sp³-hybridized carbons (Fsp3) is 0.0833. The van der Waals surface area contributed by atoms with E-state index in [2.05, 4.69) is 27.1 Å². The number of halogens is 1. The molecule has 0 bridgehead atoms. The van der Waals surface area contributed by atoms with Gasteiger partial charge in [-0.1, -0.05) is 22.0 Å². The van der Waals surface area contributed by atoms with Crippen LogP contribution in [-0.2, 0) is 14.3 Å². The molecule has 0 amide bonds. The Hall–Kier alpha value is -1.42. The molecule has 16 heavy (non-hydrogen) atoms. The van der Waals surface area contributed by atoms with Gasteiger partial charge >= 0.3 is 5.97 Å². The lowest BCUT2D eigenvalue weighted by Gasteiger charge is -2.13. The summed E-state index contributed by atoms with van der Waals surface area (Å²) in [6, 6.07) is 5.40. The number of Topliss-reactive ketones (excluding diaryl/α,β-unsaturated/α-hetero) is 1. The van der Waals surface area contributed by atoms with E-state index in [1.54, 1.807) is 6.07 Å². The third kappa shape index (κ3) is 1.93. The number of benzene rings is 1. The zero-order valence-electron chi connectivity index (χ0n) is 8.41. The molecule has 2 radical (unpaired) electrons. The Kier molecular flexibility index (Phi) is 2.92. The van der Waals surface area contributed by atoms with E-state index in [0.717, 1.165) is 10.0 Å². The summed E-state index contributed by atoms with van der Waals surface area (Å²) in [4.78, 5) is 22.9. The van der Waals surface area contributed by atoms with Crippen molar-refractivity contribution >= 4 is 33.8 Å². The number of esters is 1. The van der Waals surface area contributed by atoms with Crippen molar-refractivity contribution in [2.45, 2.75) is 0 Å². The first kappa shape index (κ1) is 11.1. The molecule has 80 valence electrons. The van der Waals surface area contributed by atoms with Crippen LogP contribution in [0.3, 0.4) is 0 Å². The molecule has 0 fully saturated rings. The zero-order valence-corrected chi connectivity index (χ0v) is 10.00. The highest BCUT2D eigenvalue weighted by molar-refractivity contribution is 9.10. The van der Waals surface area contributed by atoms with Crippen LogP contribution in [0.1, 0.15) is 11.1 Å². The van der Waals surface area contributed by atoms with Crippen LogP contribution in [0.2, 0.25) is 0 Å². The van der Waals surface area contributed by atoms with E-state index in [1.165, 1.54) is 13.2 Å². The van der Waals surface area contributed by atoms with Gasteiger partial charge in [-0.3, -0.25) is 4.79 Å². The van der Waals surface area contributed by atoms with Crippen LogP contribution < -0.4 is 0 Å². The predicted octanol–water partition coefficient (Wildman–Crippen LogP) is 2.02. The summed E-state index contributed by atoms with van der Waals surface area (Å²) in [6.07, 6.45) is 4.14. The number of carbonyl (C=O) groups is 2. The highest BCUT2D eigenvalue weighted by Crippen LogP contribution is 2.26. The number of hydrogen-bond donors (Lipinski definition) is 0. The Balaban J connectivity index is 2.50. The molecule has 1 aliphatic rings. The van der Waals surface area contributed by atoms with Crippen molar-refractivity contribution in [2.24, 2.45) is 0 Å². The molecule has 1 aliphatic carbocycles. The zero-order chi connectivity index (χ0) is 11.7. The number of hydrogen-bond acceptors (Lipinski definition) is 3. The average molecular weight is 279 g/mol. The molecule has 0 saturated carbocycles. The molecule has 0 saturated heterocycles. The van der Waals surface area contributed by atoms with Crippen molar-refractivity contribution < 1.29 is 14.3 Å². The second-order valence-corrected chi connectivity index (χ2v) is 4.15. The second kappa shape index (κ2) is 4.22. The third-order valence-electron chi connectivity index (χ3n) is 2.21. The van der Waals surface area contributed by atoms with Crippen molar-refractivity contribution in [1.82, 2.24) is 0 Å². The Morgan fingerprint density at radius 3 is 2.88 bits per heavy atom. The molecule has 1 aromatic rings. The molecule has 0 aromatic heterocycles. The van der Waals surface area contributed by atoms with Gasteiger partial charge in [-0.15, -0.1) is 0 Å². The number of ketones is 1. The fourth-order valence-corrected chi connectivity index (χ4v) is 1.82. The first-order valence-corrected chi connectivity index (χ1v) is 5.32. The summed E-state index contributed by atoms with van der Waals surface area (Å²) < 4.78 is 5.40. The number of rotatable bonds is 1. The van der Waals surface area contributed by atoms with Gasteiger partial charge in [-0.25, -0.2) is 4.79 Å². The summed E-state index contributed by atoms with van der Waals surface area (Å²) in [6.45, 7) is 0. The van der Waals surface area contributed by atoms with E-state index < -0.39 is 11.8 Å². The Morgan fingerprint density at radius 2 is 2.19 bits per heavy atom. The van der Waals surface area contributed by atoms with E-state index in [-0.39, 0.29) is 5.57 Å². The van der Waals surface area contributed by atoms with E-state index in [0.29, 0.717) is 5.56 Å². The van der Waals surface area contributed by atoms with Crippen LogP contribution in [0, 0.1) is 6.42 Å². The van der Waals surface area contributed by atoms with Gasteiger partial charge in [-0.2, -0.15) is 0 Å². The molecule has 0 spiro atoms. The van der Waals surface area contributed by atoms with E-state index >= 15 is 0 Å². The normalized spacial score (nSPS) is 14.1. The summed E-state index contributed by atoms with van der Waals surface area (Å²) in [7, 11) is 1.24. The van der Waals surface area contributed by atoms with Gasteiger partial charge in [0.05, 0.1) is 13.5 Å². The number of carbonyl (C=O) groups excluding carboxylic acids is 2. The molecule has 0 aliphatic heterocycles. The number of fused-ring (bicyclic) bond motifs is 1. The quantitative estimate of drug-likeness (QED) is 0.583. The van der Waals surface area contributed by atoms with Gasteiger partial charge in [-0.05, 0) is 29.3 Å². The minimum atomic E-state index is -0.636. The van der Waals surface area contributed by atoms with Gasteiger partial charge < -0.3 is 4.74 Å². The lowest BCUT2D eigenvalue weighted by molar-refractivity contribution is -0.137. The molecule has 3 nitrogen and oxygen atoms in total. The molecule has 0 N–H and O–H groups in total.